The lowest BCUT2D eigenvalue weighted by Crippen LogP contribution is -2.12. The molecule has 1 aromatic heterocycles. The quantitative estimate of drug-likeness (QED) is 0.556. The highest BCUT2D eigenvalue weighted by atomic mass is 32.1. The fourth-order valence-electron chi connectivity index (χ4n) is 2.10. The molecule has 0 fully saturated rings. The molecule has 25 heavy (non-hydrogen) atoms. The van der Waals surface area contributed by atoms with Gasteiger partial charge >= 0.3 is 0 Å². The number of thiazole rings is 1. The number of carbonyl (C=O) groups excluding carboxylic acids is 1. The summed E-state index contributed by atoms with van der Waals surface area (Å²) in [5.74, 6) is -2.43. The number of anilines is 1. The van der Waals surface area contributed by atoms with Crippen LogP contribution in [0.25, 0.3) is 11.3 Å². The molecule has 0 aliphatic carbocycles. The number of amides is 1. The van der Waals surface area contributed by atoms with E-state index >= 15 is 0 Å². The number of nitro groups is 1. The van der Waals surface area contributed by atoms with Crippen LogP contribution in [0.5, 0.6) is 0 Å². The second-order valence-corrected chi connectivity index (χ2v) is 5.82. The first-order valence-corrected chi connectivity index (χ1v) is 7.78. The van der Waals surface area contributed by atoms with Gasteiger partial charge in [-0.25, -0.2) is 13.8 Å². The molecule has 0 saturated heterocycles. The van der Waals surface area contributed by atoms with Gasteiger partial charge < -0.3 is 0 Å². The molecule has 0 radical (unpaired) electrons. The average molecular weight is 361 g/mol. The highest BCUT2D eigenvalue weighted by Crippen LogP contribution is 2.27. The Kier molecular flexibility index (Phi) is 4.48. The monoisotopic (exact) mass is 361 g/mol. The van der Waals surface area contributed by atoms with Crippen LogP contribution in [-0.2, 0) is 0 Å². The Morgan fingerprint density at radius 3 is 2.56 bits per heavy atom. The molecule has 0 saturated carbocycles. The number of halogens is 2. The zero-order valence-corrected chi connectivity index (χ0v) is 13.2. The smallest absolute Gasteiger partial charge is 0.270 e. The van der Waals surface area contributed by atoms with E-state index in [1.54, 1.807) is 11.4 Å². The highest BCUT2D eigenvalue weighted by Gasteiger charge is 2.13. The molecule has 0 unspecified atom stereocenters. The number of nitrogens with one attached hydrogen (secondary N) is 1. The summed E-state index contributed by atoms with van der Waals surface area (Å²) < 4.78 is 26.3. The lowest BCUT2D eigenvalue weighted by molar-refractivity contribution is -0.384. The van der Waals surface area contributed by atoms with Crippen LogP contribution in [-0.4, -0.2) is 15.8 Å². The van der Waals surface area contributed by atoms with Crippen molar-refractivity contribution in [2.45, 2.75) is 0 Å². The van der Waals surface area contributed by atoms with Crippen molar-refractivity contribution in [3.8, 4) is 11.3 Å². The fourth-order valence-corrected chi connectivity index (χ4v) is 2.81. The van der Waals surface area contributed by atoms with E-state index in [1.165, 1.54) is 18.2 Å². The third-order valence-electron chi connectivity index (χ3n) is 3.20. The highest BCUT2D eigenvalue weighted by molar-refractivity contribution is 7.14. The van der Waals surface area contributed by atoms with Gasteiger partial charge in [-0.3, -0.25) is 20.2 Å². The first-order valence-electron chi connectivity index (χ1n) is 6.90. The Morgan fingerprint density at radius 2 is 1.88 bits per heavy atom. The van der Waals surface area contributed by atoms with Crippen LogP contribution < -0.4 is 5.32 Å². The lowest BCUT2D eigenvalue weighted by Gasteiger charge is -2.02. The van der Waals surface area contributed by atoms with Crippen LogP contribution in [0.3, 0.4) is 0 Å². The lowest BCUT2D eigenvalue weighted by atomic mass is 10.1. The van der Waals surface area contributed by atoms with Crippen molar-refractivity contribution in [3.05, 3.63) is 75.2 Å². The van der Waals surface area contributed by atoms with Gasteiger partial charge in [-0.1, -0.05) is 12.1 Å². The standard InChI is InChI=1S/C16H9F2N3O3S/c17-11-4-10(5-12(18)7-11)15(22)20-16-19-14(8-25-16)9-2-1-3-13(6-9)21(23)24/h1-8H,(H,19,20,22). The molecular weight excluding hydrogens is 352 g/mol. The van der Waals surface area contributed by atoms with Gasteiger partial charge in [0.15, 0.2) is 5.13 Å². The third-order valence-corrected chi connectivity index (χ3v) is 3.96. The van der Waals surface area contributed by atoms with Gasteiger partial charge in [-0.15, -0.1) is 11.3 Å². The van der Waals surface area contributed by atoms with E-state index in [0.29, 0.717) is 17.3 Å². The molecule has 0 atom stereocenters. The summed E-state index contributed by atoms with van der Waals surface area (Å²) in [5, 5.41) is 15.1. The zero-order chi connectivity index (χ0) is 18.0. The second-order valence-electron chi connectivity index (χ2n) is 4.96. The maximum atomic E-state index is 13.2. The van der Waals surface area contributed by atoms with Gasteiger partial charge in [0.05, 0.1) is 10.6 Å². The number of benzene rings is 2. The van der Waals surface area contributed by atoms with Gasteiger partial charge in [-0.05, 0) is 12.1 Å². The molecule has 1 heterocycles. The summed E-state index contributed by atoms with van der Waals surface area (Å²) in [6.45, 7) is 0. The SMILES string of the molecule is O=C(Nc1nc(-c2cccc([N+](=O)[O-])c2)cs1)c1cc(F)cc(F)c1. The first-order chi connectivity index (χ1) is 11.9. The van der Waals surface area contributed by atoms with E-state index in [1.807, 2.05) is 0 Å². The van der Waals surface area contributed by atoms with Crippen LogP contribution in [0.15, 0.2) is 47.8 Å². The van der Waals surface area contributed by atoms with E-state index < -0.39 is 22.5 Å². The number of hydrogen-bond donors (Lipinski definition) is 1. The van der Waals surface area contributed by atoms with Crippen molar-refractivity contribution in [1.82, 2.24) is 4.98 Å². The molecule has 1 amide bonds. The molecule has 0 bridgehead atoms. The van der Waals surface area contributed by atoms with Crippen LogP contribution in [0, 0.1) is 21.7 Å². The molecule has 1 N–H and O–H groups in total. The average Bonchev–Trinajstić information content (AvgIpc) is 3.02. The van der Waals surface area contributed by atoms with E-state index in [9.17, 15) is 23.7 Å². The van der Waals surface area contributed by atoms with Crippen LogP contribution in [0.4, 0.5) is 19.6 Å². The molecular formula is C16H9F2N3O3S. The number of aromatic nitrogens is 1. The predicted molar refractivity (Wildman–Crippen MR) is 88.5 cm³/mol. The molecule has 0 aliphatic rings. The molecule has 0 aliphatic heterocycles. The van der Waals surface area contributed by atoms with Crippen molar-refractivity contribution < 1.29 is 18.5 Å². The van der Waals surface area contributed by atoms with Gasteiger partial charge in [0.1, 0.15) is 11.6 Å². The minimum Gasteiger partial charge on any atom is -0.298 e. The maximum absolute atomic E-state index is 13.2. The molecule has 126 valence electrons. The van der Waals surface area contributed by atoms with Crippen molar-refractivity contribution in [2.75, 3.05) is 5.32 Å². The molecule has 2 aromatic carbocycles. The Morgan fingerprint density at radius 1 is 1.16 bits per heavy atom. The van der Waals surface area contributed by atoms with Gasteiger partial charge in [0.25, 0.3) is 11.6 Å². The molecule has 3 rings (SSSR count). The fraction of sp³-hybridized carbons (Fsp3) is 0. The van der Waals surface area contributed by atoms with E-state index in [2.05, 4.69) is 10.3 Å². The summed E-state index contributed by atoms with van der Waals surface area (Å²) in [6, 6.07) is 8.39. The number of carbonyl (C=O) groups is 1. The van der Waals surface area contributed by atoms with E-state index in [-0.39, 0.29) is 16.4 Å². The number of non-ortho nitro benzene ring substituents is 1. The van der Waals surface area contributed by atoms with Crippen LogP contribution in [0.1, 0.15) is 10.4 Å². The number of rotatable bonds is 4. The van der Waals surface area contributed by atoms with Crippen molar-refractivity contribution >= 4 is 28.1 Å². The maximum Gasteiger partial charge on any atom is 0.270 e. The predicted octanol–water partition coefficient (Wildman–Crippen LogP) is 4.25. The third kappa shape index (κ3) is 3.83. The summed E-state index contributed by atoms with van der Waals surface area (Å²) in [6.07, 6.45) is 0. The van der Waals surface area contributed by atoms with E-state index in [4.69, 9.17) is 0 Å². The summed E-state index contributed by atoms with van der Waals surface area (Å²) in [7, 11) is 0. The van der Waals surface area contributed by atoms with E-state index in [0.717, 1.165) is 23.5 Å². The number of nitrogens with zero attached hydrogens (tertiary/aromatic N) is 2. The largest absolute Gasteiger partial charge is 0.298 e. The van der Waals surface area contributed by atoms with Crippen molar-refractivity contribution in [1.29, 1.82) is 0 Å². The summed E-state index contributed by atoms with van der Waals surface area (Å²) >= 11 is 1.09. The van der Waals surface area contributed by atoms with Gasteiger partial charge in [-0.2, -0.15) is 0 Å². The first kappa shape index (κ1) is 16.7. The topological polar surface area (TPSA) is 85.1 Å². The zero-order valence-electron chi connectivity index (χ0n) is 12.4. The van der Waals surface area contributed by atoms with Crippen molar-refractivity contribution in [3.63, 3.8) is 0 Å². The number of nitro benzene ring substituents is 1. The minimum atomic E-state index is -0.860. The normalized spacial score (nSPS) is 10.5. The number of hydrogen-bond acceptors (Lipinski definition) is 5. The van der Waals surface area contributed by atoms with Crippen LogP contribution in [0.2, 0.25) is 0 Å². The molecule has 0 spiro atoms. The van der Waals surface area contributed by atoms with Crippen molar-refractivity contribution in [2.24, 2.45) is 0 Å². The molecule has 6 nitrogen and oxygen atoms in total. The Balaban J connectivity index is 1.81. The summed E-state index contributed by atoms with van der Waals surface area (Å²) in [4.78, 5) is 26.5. The Bertz CT molecular complexity index is 955. The summed E-state index contributed by atoms with van der Waals surface area (Å²) in [5.41, 5.74) is 0.702. The Hall–Kier alpha value is -3.20. The second kappa shape index (κ2) is 6.73. The Labute approximate surface area is 143 Å². The minimum absolute atomic E-state index is 0.0775. The van der Waals surface area contributed by atoms with Crippen LogP contribution >= 0.6 is 11.3 Å². The molecule has 9 heteroatoms. The van der Waals surface area contributed by atoms with Gasteiger partial charge in [0.2, 0.25) is 0 Å². The van der Waals surface area contributed by atoms with Gasteiger partial charge in [0, 0.05) is 34.7 Å². The molecule has 3 aromatic rings.